The highest BCUT2D eigenvalue weighted by molar-refractivity contribution is 5.95. The molecule has 1 aromatic carbocycles. The first-order valence-corrected chi connectivity index (χ1v) is 6.67. The van der Waals surface area contributed by atoms with Crippen LogP contribution in [0.1, 0.15) is 24.5 Å². The summed E-state index contributed by atoms with van der Waals surface area (Å²) in [7, 11) is 0. The predicted octanol–water partition coefficient (Wildman–Crippen LogP) is 2.27. The van der Waals surface area contributed by atoms with Crippen LogP contribution in [0.5, 0.6) is 0 Å². The van der Waals surface area contributed by atoms with Crippen molar-refractivity contribution in [2.45, 2.75) is 27.2 Å². The van der Waals surface area contributed by atoms with Crippen LogP contribution >= 0.6 is 0 Å². The molecule has 2 rings (SSSR count). The molecule has 1 aliphatic rings. The van der Waals surface area contributed by atoms with Crippen LogP contribution in [-0.4, -0.2) is 25.5 Å². The summed E-state index contributed by atoms with van der Waals surface area (Å²) in [6, 6.07) is 6.21. The van der Waals surface area contributed by atoms with E-state index in [1.54, 1.807) is 0 Å². The van der Waals surface area contributed by atoms with E-state index in [1.807, 2.05) is 11.0 Å². The van der Waals surface area contributed by atoms with Crippen molar-refractivity contribution < 1.29 is 4.79 Å². The molecule has 1 aliphatic heterocycles. The average molecular weight is 246 g/mol. The number of benzene rings is 1. The molecule has 0 aliphatic carbocycles. The summed E-state index contributed by atoms with van der Waals surface area (Å²) in [5.74, 6) is 0.708. The monoisotopic (exact) mass is 246 g/mol. The second-order valence-corrected chi connectivity index (χ2v) is 5.30. The van der Waals surface area contributed by atoms with Crippen LogP contribution in [0.3, 0.4) is 0 Å². The predicted molar refractivity (Wildman–Crippen MR) is 74.9 cm³/mol. The number of carbonyl (C=O) groups is 1. The Morgan fingerprint density at radius 1 is 1.28 bits per heavy atom. The molecule has 1 aromatic rings. The van der Waals surface area contributed by atoms with Crippen molar-refractivity contribution in [3.05, 3.63) is 29.3 Å². The lowest BCUT2D eigenvalue weighted by Gasteiger charge is -2.31. The Balaban J connectivity index is 2.35. The van der Waals surface area contributed by atoms with Crippen LogP contribution in [0, 0.1) is 19.8 Å². The third-order valence-corrected chi connectivity index (χ3v) is 3.51. The second-order valence-electron chi connectivity index (χ2n) is 5.30. The Kier molecular flexibility index (Phi) is 4.02. The van der Waals surface area contributed by atoms with Gasteiger partial charge in [-0.1, -0.05) is 25.1 Å². The van der Waals surface area contributed by atoms with Gasteiger partial charge in [-0.05, 0) is 37.4 Å². The van der Waals surface area contributed by atoms with Gasteiger partial charge < -0.3 is 10.2 Å². The Hall–Kier alpha value is -1.35. The topological polar surface area (TPSA) is 32.3 Å². The largest absolute Gasteiger partial charge is 0.316 e. The first-order chi connectivity index (χ1) is 8.59. The van der Waals surface area contributed by atoms with Crippen LogP contribution < -0.4 is 10.2 Å². The zero-order valence-electron chi connectivity index (χ0n) is 11.5. The van der Waals surface area contributed by atoms with Gasteiger partial charge in [0, 0.05) is 25.2 Å². The SMILES string of the molecule is Cc1cccc(C)c1N1CC(C)CNCCC1=O. The van der Waals surface area contributed by atoms with E-state index < -0.39 is 0 Å². The number of hydrogen-bond donors (Lipinski definition) is 1. The zero-order chi connectivity index (χ0) is 13.1. The van der Waals surface area contributed by atoms with E-state index in [9.17, 15) is 4.79 Å². The van der Waals surface area contributed by atoms with Crippen molar-refractivity contribution in [1.29, 1.82) is 0 Å². The minimum atomic E-state index is 0.228. The van der Waals surface area contributed by atoms with Crippen LogP contribution in [0.2, 0.25) is 0 Å². The summed E-state index contributed by atoms with van der Waals surface area (Å²) in [6.07, 6.45) is 0.584. The maximum atomic E-state index is 12.3. The van der Waals surface area contributed by atoms with Crippen LogP contribution in [-0.2, 0) is 4.79 Å². The number of anilines is 1. The van der Waals surface area contributed by atoms with E-state index in [0.717, 1.165) is 25.3 Å². The molecule has 0 radical (unpaired) electrons. The van der Waals surface area contributed by atoms with Crippen molar-refractivity contribution in [3.8, 4) is 0 Å². The number of amides is 1. The number of rotatable bonds is 1. The molecule has 1 saturated heterocycles. The second kappa shape index (κ2) is 5.53. The molecule has 0 bridgehead atoms. The van der Waals surface area contributed by atoms with Crippen molar-refractivity contribution in [2.24, 2.45) is 5.92 Å². The molecule has 3 nitrogen and oxygen atoms in total. The Morgan fingerprint density at radius 2 is 1.94 bits per heavy atom. The number of para-hydroxylation sites is 1. The smallest absolute Gasteiger partial charge is 0.228 e. The van der Waals surface area contributed by atoms with Gasteiger partial charge in [-0.3, -0.25) is 4.79 Å². The molecule has 1 heterocycles. The van der Waals surface area contributed by atoms with Gasteiger partial charge >= 0.3 is 0 Å². The first-order valence-electron chi connectivity index (χ1n) is 6.67. The lowest BCUT2D eigenvalue weighted by Crippen LogP contribution is -2.43. The quantitative estimate of drug-likeness (QED) is 0.824. The van der Waals surface area contributed by atoms with E-state index in [2.05, 4.69) is 38.2 Å². The molecular weight excluding hydrogens is 224 g/mol. The van der Waals surface area contributed by atoms with Crippen LogP contribution in [0.4, 0.5) is 5.69 Å². The average Bonchev–Trinajstić information content (AvgIpc) is 2.31. The summed E-state index contributed by atoms with van der Waals surface area (Å²) in [5, 5.41) is 3.32. The minimum absolute atomic E-state index is 0.228. The lowest BCUT2D eigenvalue weighted by molar-refractivity contribution is -0.118. The fourth-order valence-corrected chi connectivity index (χ4v) is 2.60. The molecule has 3 heteroatoms. The number of hydrogen-bond acceptors (Lipinski definition) is 2. The van der Waals surface area contributed by atoms with E-state index in [4.69, 9.17) is 0 Å². The maximum Gasteiger partial charge on any atom is 0.228 e. The summed E-state index contributed by atoms with van der Waals surface area (Å²) < 4.78 is 0. The molecule has 0 aromatic heterocycles. The summed E-state index contributed by atoms with van der Waals surface area (Å²) in [4.78, 5) is 14.3. The molecule has 1 unspecified atom stereocenters. The fraction of sp³-hybridized carbons (Fsp3) is 0.533. The van der Waals surface area contributed by atoms with Gasteiger partial charge in [0.05, 0.1) is 0 Å². The number of nitrogens with one attached hydrogen (secondary N) is 1. The third kappa shape index (κ3) is 2.72. The fourth-order valence-electron chi connectivity index (χ4n) is 2.60. The highest BCUT2D eigenvalue weighted by Crippen LogP contribution is 2.26. The van der Waals surface area contributed by atoms with Gasteiger partial charge in [0.15, 0.2) is 0 Å². The number of carbonyl (C=O) groups excluding carboxylic acids is 1. The zero-order valence-corrected chi connectivity index (χ0v) is 11.5. The van der Waals surface area contributed by atoms with E-state index >= 15 is 0 Å². The molecular formula is C15H22N2O. The minimum Gasteiger partial charge on any atom is -0.316 e. The molecule has 18 heavy (non-hydrogen) atoms. The highest BCUT2D eigenvalue weighted by atomic mass is 16.2. The summed E-state index contributed by atoms with van der Waals surface area (Å²) in [6.45, 7) is 8.91. The van der Waals surface area contributed by atoms with Crippen molar-refractivity contribution >= 4 is 11.6 Å². The maximum absolute atomic E-state index is 12.3. The third-order valence-electron chi connectivity index (χ3n) is 3.51. The van der Waals surface area contributed by atoms with E-state index in [1.165, 1.54) is 11.1 Å². The Labute approximate surface area is 109 Å². The van der Waals surface area contributed by atoms with Crippen molar-refractivity contribution in [1.82, 2.24) is 5.32 Å². The molecule has 1 fully saturated rings. The van der Waals surface area contributed by atoms with Crippen LogP contribution in [0.15, 0.2) is 18.2 Å². The van der Waals surface area contributed by atoms with Gasteiger partial charge in [0.2, 0.25) is 5.91 Å². The van der Waals surface area contributed by atoms with Crippen molar-refractivity contribution in [3.63, 3.8) is 0 Å². The van der Waals surface area contributed by atoms with Gasteiger partial charge in [-0.15, -0.1) is 0 Å². The number of aryl methyl sites for hydroxylation is 2. The Morgan fingerprint density at radius 3 is 2.61 bits per heavy atom. The summed E-state index contributed by atoms with van der Waals surface area (Å²) >= 11 is 0. The van der Waals surface area contributed by atoms with Gasteiger partial charge in [-0.2, -0.15) is 0 Å². The molecule has 1 atom stereocenters. The lowest BCUT2D eigenvalue weighted by atomic mass is 10.0. The number of nitrogens with zero attached hydrogens (tertiary/aromatic N) is 1. The van der Waals surface area contributed by atoms with E-state index in [-0.39, 0.29) is 5.91 Å². The van der Waals surface area contributed by atoms with Gasteiger partial charge in [-0.25, -0.2) is 0 Å². The molecule has 98 valence electrons. The summed E-state index contributed by atoms with van der Waals surface area (Å²) in [5.41, 5.74) is 3.48. The molecule has 0 saturated carbocycles. The van der Waals surface area contributed by atoms with Crippen LogP contribution in [0.25, 0.3) is 0 Å². The normalized spacial score (nSPS) is 21.6. The van der Waals surface area contributed by atoms with Crippen molar-refractivity contribution in [2.75, 3.05) is 24.5 Å². The molecule has 1 N–H and O–H groups in total. The standard InChI is InChI=1S/C15H22N2O/c1-11-9-16-8-7-14(18)17(10-11)15-12(2)5-4-6-13(15)3/h4-6,11,16H,7-10H2,1-3H3. The highest BCUT2D eigenvalue weighted by Gasteiger charge is 2.22. The Bertz CT molecular complexity index is 422. The first kappa shape index (κ1) is 13.1. The molecule has 0 spiro atoms. The van der Waals surface area contributed by atoms with Gasteiger partial charge in [0.25, 0.3) is 0 Å². The molecule has 1 amide bonds. The van der Waals surface area contributed by atoms with Gasteiger partial charge in [0.1, 0.15) is 0 Å². The van der Waals surface area contributed by atoms with E-state index in [0.29, 0.717) is 12.3 Å².